The molecule has 0 amide bonds. The Morgan fingerprint density at radius 3 is 2.67 bits per heavy atom. The number of benzene rings is 1. The summed E-state index contributed by atoms with van der Waals surface area (Å²) in [6.07, 6.45) is 1.45. The van der Waals surface area contributed by atoms with Crippen LogP contribution in [0.5, 0.6) is 0 Å². The molecule has 0 saturated carbocycles. The number of hydrogen-bond acceptors (Lipinski definition) is 3. The van der Waals surface area contributed by atoms with Crippen molar-refractivity contribution >= 4 is 11.0 Å². The summed E-state index contributed by atoms with van der Waals surface area (Å²) in [4.78, 5) is 17.1. The van der Waals surface area contributed by atoms with Crippen molar-refractivity contribution in [3.05, 3.63) is 70.6 Å². The number of aromatic nitrogens is 2. The second-order valence-electron chi connectivity index (χ2n) is 5.12. The summed E-state index contributed by atoms with van der Waals surface area (Å²) in [5.74, 6) is 0. The van der Waals surface area contributed by atoms with Crippen LogP contribution in [0.3, 0.4) is 0 Å². The fraction of sp³-hybridized carbons (Fsp3) is 0.176. The van der Waals surface area contributed by atoms with Crippen LogP contribution in [0, 0.1) is 0 Å². The third-order valence-electron chi connectivity index (χ3n) is 3.37. The van der Waals surface area contributed by atoms with Crippen molar-refractivity contribution in [3.63, 3.8) is 0 Å². The molecule has 0 aliphatic rings. The monoisotopic (exact) mass is 280 g/mol. The molecule has 1 unspecified atom stereocenters. The maximum atomic E-state index is 12.7. The minimum atomic E-state index is -0.559. The second kappa shape index (κ2) is 5.50. The number of aliphatic hydroxyl groups excluding tert-OH is 1. The molecular weight excluding hydrogens is 264 g/mol. The van der Waals surface area contributed by atoms with Gasteiger partial charge in [0.25, 0.3) is 5.56 Å². The van der Waals surface area contributed by atoms with E-state index in [0.29, 0.717) is 17.6 Å². The van der Waals surface area contributed by atoms with Crippen molar-refractivity contribution in [2.24, 2.45) is 0 Å². The normalized spacial score (nSPS) is 12.5. The number of pyridine rings is 2. The summed E-state index contributed by atoms with van der Waals surface area (Å²) in [5, 5.41) is 10.5. The number of hydrogen-bond donors (Lipinski definition) is 1. The van der Waals surface area contributed by atoms with Crippen LogP contribution in [0.4, 0.5) is 0 Å². The Morgan fingerprint density at radius 2 is 1.95 bits per heavy atom. The molecule has 0 spiro atoms. The molecule has 0 radical (unpaired) electrons. The Labute approximate surface area is 122 Å². The molecule has 106 valence electrons. The molecule has 1 N–H and O–H groups in total. The van der Waals surface area contributed by atoms with E-state index in [1.54, 1.807) is 17.7 Å². The second-order valence-corrected chi connectivity index (χ2v) is 5.12. The fourth-order valence-electron chi connectivity index (χ4n) is 2.48. The molecule has 3 aromatic rings. The van der Waals surface area contributed by atoms with Gasteiger partial charge in [-0.2, -0.15) is 0 Å². The van der Waals surface area contributed by atoms with E-state index in [-0.39, 0.29) is 5.56 Å². The topological polar surface area (TPSA) is 55.1 Å². The zero-order chi connectivity index (χ0) is 14.8. The molecule has 0 aliphatic heterocycles. The Balaban J connectivity index is 2.35. The summed E-state index contributed by atoms with van der Waals surface area (Å²) < 4.78 is 1.60. The molecule has 3 rings (SSSR count). The molecule has 1 atom stereocenters. The summed E-state index contributed by atoms with van der Waals surface area (Å²) in [6, 6.07) is 15.0. The maximum absolute atomic E-state index is 12.7. The summed E-state index contributed by atoms with van der Waals surface area (Å²) >= 11 is 0. The minimum Gasteiger partial charge on any atom is -0.393 e. The van der Waals surface area contributed by atoms with E-state index in [9.17, 15) is 9.90 Å². The van der Waals surface area contributed by atoms with Crippen LogP contribution in [0.25, 0.3) is 16.7 Å². The average molecular weight is 280 g/mol. The number of para-hydroxylation sites is 1. The zero-order valence-corrected chi connectivity index (χ0v) is 11.7. The van der Waals surface area contributed by atoms with Crippen LogP contribution in [0.1, 0.15) is 12.5 Å². The van der Waals surface area contributed by atoms with Crippen molar-refractivity contribution in [2.45, 2.75) is 19.4 Å². The van der Waals surface area contributed by atoms with E-state index in [2.05, 4.69) is 4.98 Å². The number of rotatable bonds is 3. The van der Waals surface area contributed by atoms with Gasteiger partial charge in [0.15, 0.2) is 0 Å². The van der Waals surface area contributed by atoms with E-state index >= 15 is 0 Å². The summed E-state index contributed by atoms with van der Waals surface area (Å²) in [6.45, 7) is 1.68. The predicted molar refractivity (Wildman–Crippen MR) is 82.7 cm³/mol. The molecule has 0 fully saturated rings. The Hall–Kier alpha value is -2.46. The van der Waals surface area contributed by atoms with Gasteiger partial charge < -0.3 is 5.11 Å². The molecule has 2 heterocycles. The molecule has 0 bridgehead atoms. The number of fused-ring (bicyclic) bond motifs is 1. The lowest BCUT2D eigenvalue weighted by Crippen LogP contribution is -2.25. The number of aliphatic hydroxyl groups is 1. The zero-order valence-electron chi connectivity index (χ0n) is 11.7. The first-order chi connectivity index (χ1) is 10.2. The van der Waals surface area contributed by atoms with Crippen molar-refractivity contribution in [3.8, 4) is 5.69 Å². The minimum absolute atomic E-state index is 0.131. The van der Waals surface area contributed by atoms with Gasteiger partial charge in [0.05, 0.1) is 11.8 Å². The van der Waals surface area contributed by atoms with Crippen LogP contribution >= 0.6 is 0 Å². The molecule has 1 aromatic carbocycles. The highest BCUT2D eigenvalue weighted by molar-refractivity contribution is 5.77. The van der Waals surface area contributed by atoms with Crippen LogP contribution in [0.2, 0.25) is 0 Å². The Kier molecular flexibility index (Phi) is 3.54. The van der Waals surface area contributed by atoms with Gasteiger partial charge in [0.1, 0.15) is 5.65 Å². The average Bonchev–Trinajstić information content (AvgIpc) is 2.48. The van der Waals surface area contributed by atoms with Crippen molar-refractivity contribution in [1.29, 1.82) is 0 Å². The van der Waals surface area contributed by atoms with Gasteiger partial charge in [0, 0.05) is 23.6 Å². The smallest absolute Gasteiger partial charge is 0.260 e. The highest BCUT2D eigenvalue weighted by Crippen LogP contribution is 2.16. The van der Waals surface area contributed by atoms with Crippen LogP contribution in [-0.2, 0) is 6.42 Å². The number of nitrogens with zero attached hydrogens (tertiary/aromatic N) is 2. The van der Waals surface area contributed by atoms with Crippen LogP contribution < -0.4 is 5.56 Å². The van der Waals surface area contributed by atoms with Crippen molar-refractivity contribution < 1.29 is 5.11 Å². The lowest BCUT2D eigenvalue weighted by atomic mass is 10.1. The summed E-state index contributed by atoms with van der Waals surface area (Å²) in [5.41, 5.74) is 1.87. The van der Waals surface area contributed by atoms with E-state index in [0.717, 1.165) is 11.1 Å². The molecular formula is C17H16N2O2. The predicted octanol–water partition coefficient (Wildman–Crippen LogP) is 2.31. The van der Waals surface area contributed by atoms with Gasteiger partial charge in [-0.3, -0.25) is 9.36 Å². The van der Waals surface area contributed by atoms with Gasteiger partial charge in [-0.25, -0.2) is 4.98 Å². The van der Waals surface area contributed by atoms with Crippen LogP contribution in [-0.4, -0.2) is 20.8 Å². The molecule has 2 aromatic heterocycles. The lowest BCUT2D eigenvalue weighted by molar-refractivity contribution is 0.195. The van der Waals surface area contributed by atoms with E-state index in [1.165, 1.54) is 0 Å². The third-order valence-corrected chi connectivity index (χ3v) is 3.37. The Morgan fingerprint density at radius 1 is 1.19 bits per heavy atom. The first kappa shape index (κ1) is 13.5. The van der Waals surface area contributed by atoms with E-state index < -0.39 is 6.10 Å². The fourth-order valence-corrected chi connectivity index (χ4v) is 2.48. The molecule has 4 nitrogen and oxygen atoms in total. The van der Waals surface area contributed by atoms with Gasteiger partial charge in [-0.15, -0.1) is 0 Å². The first-order valence-corrected chi connectivity index (χ1v) is 6.90. The summed E-state index contributed by atoms with van der Waals surface area (Å²) in [7, 11) is 0. The van der Waals surface area contributed by atoms with Gasteiger partial charge in [-0.05, 0) is 37.3 Å². The van der Waals surface area contributed by atoms with Crippen LogP contribution in [0.15, 0.2) is 59.5 Å². The highest BCUT2D eigenvalue weighted by Gasteiger charge is 2.12. The van der Waals surface area contributed by atoms with Crippen molar-refractivity contribution in [1.82, 2.24) is 9.55 Å². The van der Waals surface area contributed by atoms with Gasteiger partial charge in [0.2, 0.25) is 0 Å². The van der Waals surface area contributed by atoms with E-state index in [4.69, 9.17) is 0 Å². The van der Waals surface area contributed by atoms with Gasteiger partial charge >= 0.3 is 0 Å². The van der Waals surface area contributed by atoms with Gasteiger partial charge in [-0.1, -0.05) is 18.2 Å². The quantitative estimate of drug-likeness (QED) is 0.801. The van der Waals surface area contributed by atoms with E-state index in [1.807, 2.05) is 48.5 Å². The molecule has 0 saturated heterocycles. The lowest BCUT2D eigenvalue weighted by Gasteiger charge is -2.12. The molecule has 4 heteroatoms. The SMILES string of the molecule is CC(O)Cc1cc2cccnc2n(-c2ccccc2)c1=O. The standard InChI is InChI=1S/C17H16N2O2/c1-12(20)10-14-11-13-6-5-9-18-16(13)19(17(14)21)15-7-3-2-4-8-15/h2-9,11-12,20H,10H2,1H3. The first-order valence-electron chi connectivity index (χ1n) is 6.90. The molecule has 21 heavy (non-hydrogen) atoms. The van der Waals surface area contributed by atoms with Crippen molar-refractivity contribution in [2.75, 3.05) is 0 Å². The molecule has 0 aliphatic carbocycles. The third kappa shape index (κ3) is 2.58. The highest BCUT2D eigenvalue weighted by atomic mass is 16.3. The largest absolute Gasteiger partial charge is 0.393 e. The maximum Gasteiger partial charge on any atom is 0.260 e. The Bertz CT molecular complexity index is 823.